The van der Waals surface area contributed by atoms with Crippen LogP contribution in [-0.4, -0.2) is 13.2 Å². The van der Waals surface area contributed by atoms with Gasteiger partial charge in [0, 0.05) is 6.07 Å². The molecule has 2 aromatic carbocycles. The molecule has 0 aliphatic carbocycles. The number of hydrogen-bond acceptors (Lipinski definition) is 3. The van der Waals surface area contributed by atoms with Gasteiger partial charge in [0.25, 0.3) is 0 Å². The van der Waals surface area contributed by atoms with Crippen molar-refractivity contribution in [3.05, 3.63) is 59.9 Å². The average molecular weight is 261 g/mol. The SMILES string of the molecule is Nc1ccc(OCCOCc2ccccc2)cc1F. The topological polar surface area (TPSA) is 44.5 Å². The molecule has 0 aliphatic heterocycles. The van der Waals surface area contributed by atoms with Crippen LogP contribution in [0.25, 0.3) is 0 Å². The number of nitrogens with two attached hydrogens (primary N) is 1. The molecule has 19 heavy (non-hydrogen) atoms. The molecule has 0 saturated heterocycles. The van der Waals surface area contributed by atoms with Crippen molar-refractivity contribution in [1.29, 1.82) is 0 Å². The van der Waals surface area contributed by atoms with E-state index in [9.17, 15) is 4.39 Å². The number of benzene rings is 2. The lowest BCUT2D eigenvalue weighted by Gasteiger charge is -2.08. The molecule has 0 aliphatic rings. The third kappa shape index (κ3) is 4.26. The third-order valence-corrected chi connectivity index (χ3v) is 2.58. The van der Waals surface area contributed by atoms with Crippen LogP contribution in [0.5, 0.6) is 5.75 Å². The van der Waals surface area contributed by atoms with E-state index >= 15 is 0 Å². The molecule has 2 rings (SSSR count). The summed E-state index contributed by atoms with van der Waals surface area (Å²) in [5, 5.41) is 0. The van der Waals surface area contributed by atoms with Gasteiger partial charge in [-0.25, -0.2) is 4.39 Å². The van der Waals surface area contributed by atoms with Gasteiger partial charge in [-0.2, -0.15) is 0 Å². The van der Waals surface area contributed by atoms with Crippen LogP contribution < -0.4 is 10.5 Å². The number of hydrogen-bond donors (Lipinski definition) is 1. The van der Waals surface area contributed by atoms with E-state index in [1.165, 1.54) is 12.1 Å². The van der Waals surface area contributed by atoms with Crippen LogP contribution in [0.2, 0.25) is 0 Å². The van der Waals surface area contributed by atoms with Crippen LogP contribution in [0.15, 0.2) is 48.5 Å². The minimum absolute atomic E-state index is 0.118. The molecule has 0 aromatic heterocycles. The van der Waals surface area contributed by atoms with Crippen molar-refractivity contribution >= 4 is 5.69 Å². The number of halogens is 1. The monoisotopic (exact) mass is 261 g/mol. The van der Waals surface area contributed by atoms with Crippen molar-refractivity contribution in [2.24, 2.45) is 0 Å². The van der Waals surface area contributed by atoms with Crippen LogP contribution in [0.4, 0.5) is 10.1 Å². The second-order valence-electron chi connectivity index (χ2n) is 4.07. The number of nitrogen functional groups attached to an aromatic ring is 1. The highest BCUT2D eigenvalue weighted by atomic mass is 19.1. The first-order chi connectivity index (χ1) is 9.25. The molecule has 2 N–H and O–H groups in total. The van der Waals surface area contributed by atoms with E-state index in [4.69, 9.17) is 15.2 Å². The Morgan fingerprint density at radius 2 is 1.79 bits per heavy atom. The van der Waals surface area contributed by atoms with Gasteiger partial charge in [-0.1, -0.05) is 30.3 Å². The van der Waals surface area contributed by atoms with Gasteiger partial charge in [0.15, 0.2) is 0 Å². The summed E-state index contributed by atoms with van der Waals surface area (Å²) in [6.45, 7) is 1.36. The third-order valence-electron chi connectivity index (χ3n) is 2.58. The predicted octanol–water partition coefficient (Wildman–Crippen LogP) is 3.00. The summed E-state index contributed by atoms with van der Waals surface area (Å²) in [5.74, 6) is -0.0160. The lowest BCUT2D eigenvalue weighted by Crippen LogP contribution is -2.07. The van der Waals surface area contributed by atoms with E-state index in [1.807, 2.05) is 30.3 Å². The van der Waals surface area contributed by atoms with E-state index in [0.717, 1.165) is 5.56 Å². The Hall–Kier alpha value is -2.07. The molecule has 0 heterocycles. The highest BCUT2D eigenvalue weighted by molar-refractivity contribution is 5.43. The van der Waals surface area contributed by atoms with Crippen molar-refractivity contribution in [1.82, 2.24) is 0 Å². The lowest BCUT2D eigenvalue weighted by molar-refractivity contribution is 0.0888. The minimum atomic E-state index is -0.470. The molecule has 0 fully saturated rings. The van der Waals surface area contributed by atoms with Crippen molar-refractivity contribution in [3.8, 4) is 5.75 Å². The summed E-state index contributed by atoms with van der Waals surface area (Å²) in [6.07, 6.45) is 0. The van der Waals surface area contributed by atoms with Gasteiger partial charge in [0.2, 0.25) is 0 Å². The predicted molar refractivity (Wildman–Crippen MR) is 72.4 cm³/mol. The first kappa shape index (κ1) is 13.4. The van der Waals surface area contributed by atoms with Crippen LogP contribution in [0.1, 0.15) is 5.56 Å². The van der Waals surface area contributed by atoms with Gasteiger partial charge in [-0.3, -0.25) is 0 Å². The van der Waals surface area contributed by atoms with Crippen LogP contribution in [-0.2, 0) is 11.3 Å². The van der Waals surface area contributed by atoms with Gasteiger partial charge in [0.1, 0.15) is 18.2 Å². The average Bonchev–Trinajstić information content (AvgIpc) is 2.43. The summed E-state index contributed by atoms with van der Waals surface area (Å²) in [5.41, 5.74) is 6.60. The van der Waals surface area contributed by atoms with Crippen molar-refractivity contribution in [2.45, 2.75) is 6.61 Å². The van der Waals surface area contributed by atoms with Crippen LogP contribution >= 0.6 is 0 Å². The molecule has 0 bridgehead atoms. The molecule has 0 atom stereocenters. The van der Waals surface area contributed by atoms with E-state index in [1.54, 1.807) is 6.07 Å². The molecule has 0 spiro atoms. The van der Waals surface area contributed by atoms with Crippen LogP contribution in [0.3, 0.4) is 0 Å². The lowest BCUT2D eigenvalue weighted by atomic mass is 10.2. The maximum absolute atomic E-state index is 13.1. The molecule has 0 radical (unpaired) electrons. The molecule has 0 unspecified atom stereocenters. The van der Waals surface area contributed by atoms with Gasteiger partial charge < -0.3 is 15.2 Å². The summed E-state index contributed by atoms with van der Waals surface area (Å²) in [4.78, 5) is 0. The Morgan fingerprint density at radius 1 is 1.00 bits per heavy atom. The quantitative estimate of drug-likeness (QED) is 0.642. The molecule has 3 nitrogen and oxygen atoms in total. The minimum Gasteiger partial charge on any atom is -0.491 e. The van der Waals surface area contributed by atoms with E-state index in [2.05, 4.69) is 0 Å². The Balaban J connectivity index is 1.68. The number of ether oxygens (including phenoxy) is 2. The highest BCUT2D eigenvalue weighted by Crippen LogP contribution is 2.17. The fourth-order valence-corrected chi connectivity index (χ4v) is 1.58. The summed E-state index contributed by atoms with van der Waals surface area (Å²) in [7, 11) is 0. The number of anilines is 1. The standard InChI is InChI=1S/C15H16FNO2/c16-14-10-13(6-7-15(14)17)19-9-8-18-11-12-4-2-1-3-5-12/h1-7,10H,8-9,11,17H2. The second-order valence-corrected chi connectivity index (χ2v) is 4.07. The van der Waals surface area contributed by atoms with E-state index in [-0.39, 0.29) is 5.69 Å². The Bertz CT molecular complexity index is 517. The molecule has 0 amide bonds. The van der Waals surface area contributed by atoms with Crippen molar-refractivity contribution < 1.29 is 13.9 Å². The zero-order chi connectivity index (χ0) is 13.5. The maximum Gasteiger partial charge on any atom is 0.149 e. The first-order valence-electron chi connectivity index (χ1n) is 6.05. The molecular formula is C15H16FNO2. The zero-order valence-corrected chi connectivity index (χ0v) is 10.5. The fourth-order valence-electron chi connectivity index (χ4n) is 1.58. The Kier molecular flexibility index (Phi) is 4.75. The highest BCUT2D eigenvalue weighted by Gasteiger charge is 2.00. The van der Waals surface area contributed by atoms with Gasteiger partial charge >= 0.3 is 0 Å². The van der Waals surface area contributed by atoms with E-state index < -0.39 is 5.82 Å². The summed E-state index contributed by atoms with van der Waals surface area (Å²) >= 11 is 0. The van der Waals surface area contributed by atoms with E-state index in [0.29, 0.717) is 25.6 Å². The molecule has 0 saturated carbocycles. The summed E-state index contributed by atoms with van der Waals surface area (Å²) < 4.78 is 24.0. The largest absolute Gasteiger partial charge is 0.491 e. The second kappa shape index (κ2) is 6.75. The summed E-state index contributed by atoms with van der Waals surface area (Å²) in [6, 6.07) is 14.3. The molecule has 4 heteroatoms. The van der Waals surface area contributed by atoms with Gasteiger partial charge in [-0.15, -0.1) is 0 Å². The normalized spacial score (nSPS) is 10.4. The van der Waals surface area contributed by atoms with Crippen molar-refractivity contribution in [2.75, 3.05) is 18.9 Å². The zero-order valence-electron chi connectivity index (χ0n) is 10.5. The Morgan fingerprint density at radius 3 is 2.53 bits per heavy atom. The smallest absolute Gasteiger partial charge is 0.149 e. The Labute approximate surface area is 111 Å². The maximum atomic E-state index is 13.1. The molecular weight excluding hydrogens is 245 g/mol. The number of rotatable bonds is 6. The van der Waals surface area contributed by atoms with Crippen molar-refractivity contribution in [3.63, 3.8) is 0 Å². The fraction of sp³-hybridized carbons (Fsp3) is 0.200. The van der Waals surface area contributed by atoms with Gasteiger partial charge in [-0.05, 0) is 17.7 Å². The molecule has 2 aromatic rings. The first-order valence-corrected chi connectivity index (χ1v) is 6.05. The molecule has 100 valence electrons. The van der Waals surface area contributed by atoms with Crippen LogP contribution in [0, 0.1) is 5.82 Å². The van der Waals surface area contributed by atoms with Gasteiger partial charge in [0.05, 0.1) is 18.9 Å².